The van der Waals surface area contributed by atoms with Crippen molar-refractivity contribution < 1.29 is 39.1 Å². The third-order valence-electron chi connectivity index (χ3n) is 10.8. The highest BCUT2D eigenvalue weighted by Crippen LogP contribution is 2.51. The van der Waals surface area contributed by atoms with Gasteiger partial charge >= 0.3 is 0 Å². The smallest absolute Gasteiger partial charge is 0.249 e. The first-order valence-corrected chi connectivity index (χ1v) is 17.9. The van der Waals surface area contributed by atoms with Gasteiger partial charge in [0.25, 0.3) is 0 Å². The molecular formula is C39H51N3O8. The normalized spacial score (nSPS) is 25.8. The lowest BCUT2D eigenvalue weighted by molar-refractivity contribution is -0.147. The van der Waals surface area contributed by atoms with Gasteiger partial charge in [-0.05, 0) is 71.9 Å². The van der Waals surface area contributed by atoms with E-state index in [1.54, 1.807) is 23.1 Å². The Labute approximate surface area is 293 Å². The summed E-state index contributed by atoms with van der Waals surface area (Å²) in [7, 11) is 1.49. The predicted octanol–water partition coefficient (Wildman–Crippen LogP) is 3.84. The predicted molar refractivity (Wildman–Crippen MR) is 189 cm³/mol. The first kappa shape index (κ1) is 35.9. The van der Waals surface area contributed by atoms with E-state index >= 15 is 0 Å². The lowest BCUT2D eigenvalue weighted by Crippen LogP contribution is -2.57. The fraction of sp³-hybridized carbons (Fsp3) is 0.538. The van der Waals surface area contributed by atoms with E-state index in [9.17, 15) is 24.9 Å². The summed E-state index contributed by atoms with van der Waals surface area (Å²) in [5.41, 5.74) is 3.41. The lowest BCUT2D eigenvalue weighted by atomic mass is 9.75. The molecule has 1 aromatic heterocycles. The van der Waals surface area contributed by atoms with E-state index in [4.69, 9.17) is 14.2 Å². The summed E-state index contributed by atoms with van der Waals surface area (Å²) in [6.45, 7) is 6.24. The summed E-state index contributed by atoms with van der Waals surface area (Å²) in [4.78, 5) is 33.2. The maximum Gasteiger partial charge on any atom is 0.249 e. The van der Waals surface area contributed by atoms with Gasteiger partial charge in [0.2, 0.25) is 11.8 Å². The van der Waals surface area contributed by atoms with Crippen LogP contribution in [0.15, 0.2) is 54.1 Å². The van der Waals surface area contributed by atoms with E-state index in [1.165, 1.54) is 7.11 Å². The van der Waals surface area contributed by atoms with E-state index in [-0.39, 0.29) is 44.9 Å². The number of carbonyl (C=O) groups is 2. The van der Waals surface area contributed by atoms with Crippen molar-refractivity contribution in [2.45, 2.75) is 83.3 Å². The number of carbonyl (C=O) groups excluding carboxylic acids is 2. The Balaban J connectivity index is 1.35. The number of para-hydroxylation sites is 1. The number of rotatable bonds is 13. The second-order valence-corrected chi connectivity index (χ2v) is 14.4. The van der Waals surface area contributed by atoms with Gasteiger partial charge in [-0.2, -0.15) is 0 Å². The van der Waals surface area contributed by atoms with Crippen molar-refractivity contribution in [1.29, 1.82) is 0 Å². The molecule has 2 aliphatic carbocycles. The maximum atomic E-state index is 14.4. The fourth-order valence-electron chi connectivity index (χ4n) is 8.14. The maximum absolute atomic E-state index is 14.4. The first-order chi connectivity index (χ1) is 24.1. The van der Waals surface area contributed by atoms with Crippen LogP contribution in [0.4, 0.5) is 0 Å². The van der Waals surface area contributed by atoms with E-state index in [2.05, 4.69) is 37.1 Å². The minimum atomic E-state index is -1.21. The van der Waals surface area contributed by atoms with Crippen LogP contribution in [0.25, 0.3) is 10.9 Å². The van der Waals surface area contributed by atoms with Crippen molar-refractivity contribution in [3.05, 3.63) is 70.9 Å². The quantitative estimate of drug-likeness (QED) is 0.182. The number of ether oxygens (including phenoxy) is 3. The molecule has 6 rings (SSSR count). The van der Waals surface area contributed by atoms with Gasteiger partial charge in [0.15, 0.2) is 11.5 Å². The van der Waals surface area contributed by atoms with Crippen molar-refractivity contribution in [2.75, 3.05) is 33.4 Å². The van der Waals surface area contributed by atoms with Crippen LogP contribution in [0.5, 0.6) is 11.5 Å². The highest BCUT2D eigenvalue weighted by molar-refractivity contribution is 5.96. The zero-order chi connectivity index (χ0) is 35.5. The number of nitrogens with zero attached hydrogens (tertiary/aromatic N) is 1. The molecule has 2 amide bonds. The molecule has 5 N–H and O–H groups in total. The molecule has 0 unspecified atom stereocenters. The average molecular weight is 690 g/mol. The highest BCUT2D eigenvalue weighted by Gasteiger charge is 2.51. The summed E-state index contributed by atoms with van der Waals surface area (Å²) in [6, 6.07) is 12.5. The average Bonchev–Trinajstić information content (AvgIpc) is 3.72. The summed E-state index contributed by atoms with van der Waals surface area (Å²) in [6.07, 6.45) is 3.04. The highest BCUT2D eigenvalue weighted by atomic mass is 16.5. The van der Waals surface area contributed by atoms with E-state index in [0.29, 0.717) is 52.4 Å². The number of H-pyrrole nitrogens is 1. The van der Waals surface area contributed by atoms with Crippen LogP contribution in [-0.4, -0.2) is 94.8 Å². The molecular weight excluding hydrogens is 638 g/mol. The third-order valence-corrected chi connectivity index (χ3v) is 10.8. The number of aliphatic hydroxyl groups is 3. The summed E-state index contributed by atoms with van der Waals surface area (Å²) >= 11 is 0. The van der Waals surface area contributed by atoms with E-state index in [0.717, 1.165) is 35.9 Å². The molecule has 11 heteroatoms. The van der Waals surface area contributed by atoms with Gasteiger partial charge in [-0.3, -0.25) is 9.59 Å². The number of aromatic amines is 1. The molecule has 2 aromatic carbocycles. The molecule has 2 heterocycles. The molecule has 7 atom stereocenters. The van der Waals surface area contributed by atoms with Gasteiger partial charge in [-0.1, -0.05) is 45.4 Å². The number of benzene rings is 2. The van der Waals surface area contributed by atoms with Crippen LogP contribution in [0, 0.1) is 17.8 Å². The number of hydrogen-bond acceptors (Lipinski definition) is 8. The van der Waals surface area contributed by atoms with Crippen LogP contribution in [-0.2, 0) is 27.4 Å². The van der Waals surface area contributed by atoms with Crippen molar-refractivity contribution >= 4 is 22.7 Å². The third kappa shape index (κ3) is 7.28. The number of amides is 2. The van der Waals surface area contributed by atoms with Crippen molar-refractivity contribution in [3.63, 3.8) is 0 Å². The molecule has 0 saturated heterocycles. The van der Waals surface area contributed by atoms with E-state index in [1.807, 2.05) is 24.3 Å². The summed E-state index contributed by atoms with van der Waals surface area (Å²) in [5.74, 6) is 0.612. The first-order valence-electron chi connectivity index (χ1n) is 17.9. The Hall–Kier alpha value is -3.90. The Morgan fingerprint density at radius 2 is 1.94 bits per heavy atom. The molecule has 1 fully saturated rings. The van der Waals surface area contributed by atoms with Crippen LogP contribution >= 0.6 is 0 Å². The standard InChI is InChI=1S/C39H51N3O8/c1-22(2)27-10-9-23(3)15-32(27)49-21-34(45)42(13-11-26-18-25-7-5-6-8-30(25)41-26)31-19-29(39(47)40-12-14-43)35-28-16-24(20-44)17-33(48-4)37(28)50-38(35)36(31)46/h5-8,16-19,22-23,27,31-32,35-36,38,41,43-44,46H,9-15,20-21H2,1-4H3,(H,40,47)/t23-,27+,31+,32-,35-,36-,38-/m0/s1. The second-order valence-electron chi connectivity index (χ2n) is 14.4. The van der Waals surface area contributed by atoms with E-state index < -0.39 is 30.1 Å². The zero-order valence-electron chi connectivity index (χ0n) is 29.4. The van der Waals surface area contributed by atoms with Gasteiger partial charge < -0.3 is 44.7 Å². The van der Waals surface area contributed by atoms with Crippen molar-refractivity contribution in [1.82, 2.24) is 15.2 Å². The number of aliphatic hydroxyl groups excluding tert-OH is 3. The SMILES string of the molecule is COc1cc(CO)cc2c1O[C@@H]1[C@@H](O)[C@H](N(CCc3cc4ccccc4[nH]3)C(=O)CO[C@H]3C[C@@H](C)CC[C@@H]3C(C)C)C=C(C(=O)NCCO)[C@H]21. The fourth-order valence-corrected chi connectivity index (χ4v) is 8.14. The molecule has 1 aliphatic heterocycles. The van der Waals surface area contributed by atoms with Crippen molar-refractivity contribution in [3.8, 4) is 11.5 Å². The molecule has 0 bridgehead atoms. The van der Waals surface area contributed by atoms with Crippen LogP contribution < -0.4 is 14.8 Å². The minimum absolute atomic E-state index is 0.0300. The summed E-state index contributed by atoms with van der Waals surface area (Å²) in [5, 5.41) is 35.4. The van der Waals surface area contributed by atoms with Gasteiger partial charge in [-0.15, -0.1) is 0 Å². The molecule has 3 aromatic rings. The largest absolute Gasteiger partial charge is 0.493 e. The van der Waals surface area contributed by atoms with Gasteiger partial charge in [0.05, 0.1) is 38.4 Å². The lowest BCUT2D eigenvalue weighted by Gasteiger charge is -2.41. The Kier molecular flexibility index (Phi) is 11.2. The minimum Gasteiger partial charge on any atom is -0.493 e. The topological polar surface area (TPSA) is 154 Å². The van der Waals surface area contributed by atoms with Gasteiger partial charge in [0.1, 0.15) is 18.8 Å². The number of methoxy groups -OCH3 is 1. The monoisotopic (exact) mass is 689 g/mol. The zero-order valence-corrected chi connectivity index (χ0v) is 29.4. The summed E-state index contributed by atoms with van der Waals surface area (Å²) < 4.78 is 18.4. The van der Waals surface area contributed by atoms with Gasteiger partial charge in [0, 0.05) is 41.9 Å². The molecule has 0 spiro atoms. The van der Waals surface area contributed by atoms with Gasteiger partial charge in [-0.25, -0.2) is 0 Å². The van der Waals surface area contributed by atoms with Crippen LogP contribution in [0.3, 0.4) is 0 Å². The Morgan fingerprint density at radius 1 is 1.14 bits per heavy atom. The molecule has 270 valence electrons. The number of fused-ring (bicyclic) bond motifs is 4. The molecule has 11 nitrogen and oxygen atoms in total. The van der Waals surface area contributed by atoms with Crippen LogP contribution in [0.1, 0.15) is 62.8 Å². The number of aromatic nitrogens is 1. The van der Waals surface area contributed by atoms with Crippen molar-refractivity contribution in [2.24, 2.45) is 17.8 Å². The Bertz CT molecular complexity index is 1670. The Morgan fingerprint density at radius 3 is 2.66 bits per heavy atom. The molecule has 50 heavy (non-hydrogen) atoms. The van der Waals surface area contributed by atoms with Crippen LogP contribution in [0.2, 0.25) is 0 Å². The second kappa shape index (κ2) is 15.6. The number of hydrogen-bond donors (Lipinski definition) is 5. The molecule has 1 saturated carbocycles. The molecule has 0 radical (unpaired) electrons. The number of nitrogens with one attached hydrogen (secondary N) is 2. The molecule has 3 aliphatic rings.